The highest BCUT2D eigenvalue weighted by atomic mass is 127. The molecule has 0 bridgehead atoms. The van der Waals surface area contributed by atoms with Crippen LogP contribution in [0.3, 0.4) is 0 Å². The second-order valence-corrected chi connectivity index (χ2v) is 6.36. The first kappa shape index (κ1) is 15.3. The number of halogens is 2. The van der Waals surface area contributed by atoms with E-state index in [2.05, 4.69) is 43.8 Å². The van der Waals surface area contributed by atoms with E-state index in [9.17, 15) is 4.79 Å². The highest BCUT2D eigenvalue weighted by Gasteiger charge is 2.12. The van der Waals surface area contributed by atoms with Crippen molar-refractivity contribution in [2.75, 3.05) is 12.4 Å². The number of aryl methyl sites for hydroxylation is 1. The van der Waals surface area contributed by atoms with Crippen molar-refractivity contribution in [1.29, 1.82) is 0 Å². The molecular weight excluding hydrogens is 433 g/mol. The van der Waals surface area contributed by atoms with Crippen LogP contribution in [0.1, 0.15) is 15.9 Å². The third-order valence-corrected chi connectivity index (χ3v) is 4.22. The van der Waals surface area contributed by atoms with E-state index >= 15 is 0 Å². The number of ether oxygens (including phenoxy) is 1. The summed E-state index contributed by atoms with van der Waals surface area (Å²) in [5.41, 5.74) is 2.35. The van der Waals surface area contributed by atoms with Gasteiger partial charge in [-0.05, 0) is 87.4 Å². The number of carbonyl (C=O) groups is 1. The van der Waals surface area contributed by atoms with Crippen LogP contribution in [-0.2, 0) is 0 Å². The normalized spacial score (nSPS) is 10.2. The number of benzene rings is 2. The number of nitrogens with one attached hydrogen (secondary N) is 1. The molecule has 5 heteroatoms. The molecule has 0 aliphatic heterocycles. The van der Waals surface area contributed by atoms with E-state index in [1.165, 1.54) is 0 Å². The van der Waals surface area contributed by atoms with Gasteiger partial charge in [-0.2, -0.15) is 0 Å². The summed E-state index contributed by atoms with van der Waals surface area (Å²) in [5.74, 6) is 0.639. The van der Waals surface area contributed by atoms with Crippen LogP contribution in [0.25, 0.3) is 0 Å². The van der Waals surface area contributed by atoms with Crippen molar-refractivity contribution in [3.63, 3.8) is 0 Å². The number of amides is 1. The van der Waals surface area contributed by atoms with Gasteiger partial charge in [-0.3, -0.25) is 4.79 Å². The van der Waals surface area contributed by atoms with Crippen LogP contribution >= 0.6 is 38.5 Å². The second-order valence-electron chi connectivity index (χ2n) is 4.26. The van der Waals surface area contributed by atoms with Crippen molar-refractivity contribution in [3.05, 3.63) is 55.6 Å². The molecule has 1 N–H and O–H groups in total. The lowest BCUT2D eigenvalue weighted by molar-refractivity contribution is 0.102. The first-order chi connectivity index (χ1) is 9.51. The first-order valence-corrected chi connectivity index (χ1v) is 7.79. The van der Waals surface area contributed by atoms with Crippen molar-refractivity contribution in [1.82, 2.24) is 0 Å². The van der Waals surface area contributed by atoms with Crippen molar-refractivity contribution in [3.8, 4) is 5.75 Å². The summed E-state index contributed by atoms with van der Waals surface area (Å²) in [5, 5.41) is 2.92. The molecule has 0 atom stereocenters. The van der Waals surface area contributed by atoms with Gasteiger partial charge in [0.25, 0.3) is 5.91 Å². The maximum Gasteiger partial charge on any atom is 0.256 e. The number of hydrogen-bond donors (Lipinski definition) is 1. The minimum atomic E-state index is -0.136. The average Bonchev–Trinajstić information content (AvgIpc) is 2.43. The van der Waals surface area contributed by atoms with Crippen LogP contribution in [0.4, 0.5) is 5.69 Å². The van der Waals surface area contributed by atoms with Crippen LogP contribution in [0, 0.1) is 10.5 Å². The minimum Gasteiger partial charge on any atom is -0.497 e. The van der Waals surface area contributed by atoms with Gasteiger partial charge in [0.1, 0.15) is 5.75 Å². The van der Waals surface area contributed by atoms with Gasteiger partial charge in [0.05, 0.1) is 12.7 Å². The Balaban J connectivity index is 2.25. The molecule has 0 spiro atoms. The first-order valence-electron chi connectivity index (χ1n) is 5.92. The Morgan fingerprint density at radius 3 is 2.65 bits per heavy atom. The Bertz CT molecular complexity index is 658. The fraction of sp³-hybridized carbons (Fsp3) is 0.133. The lowest BCUT2D eigenvalue weighted by Crippen LogP contribution is -2.13. The Morgan fingerprint density at radius 1 is 1.25 bits per heavy atom. The molecule has 3 nitrogen and oxygen atoms in total. The summed E-state index contributed by atoms with van der Waals surface area (Å²) in [6, 6.07) is 11.2. The molecule has 1 amide bonds. The van der Waals surface area contributed by atoms with Gasteiger partial charge in [-0.15, -0.1) is 0 Å². The van der Waals surface area contributed by atoms with Crippen molar-refractivity contribution >= 4 is 50.1 Å². The highest BCUT2D eigenvalue weighted by molar-refractivity contribution is 14.1. The van der Waals surface area contributed by atoms with Crippen LogP contribution in [0.5, 0.6) is 5.75 Å². The molecule has 104 valence electrons. The van der Waals surface area contributed by atoms with E-state index in [0.717, 1.165) is 25.0 Å². The maximum absolute atomic E-state index is 12.3. The third kappa shape index (κ3) is 3.52. The van der Waals surface area contributed by atoms with E-state index in [1.54, 1.807) is 7.11 Å². The van der Waals surface area contributed by atoms with Gasteiger partial charge < -0.3 is 10.1 Å². The van der Waals surface area contributed by atoms with Gasteiger partial charge in [-0.1, -0.05) is 0 Å². The smallest absolute Gasteiger partial charge is 0.256 e. The van der Waals surface area contributed by atoms with Crippen LogP contribution in [-0.4, -0.2) is 13.0 Å². The predicted molar refractivity (Wildman–Crippen MR) is 92.5 cm³/mol. The van der Waals surface area contributed by atoms with Crippen LogP contribution < -0.4 is 10.1 Å². The lowest BCUT2D eigenvalue weighted by atomic mass is 10.1. The quantitative estimate of drug-likeness (QED) is 0.700. The molecule has 0 aliphatic carbocycles. The molecule has 2 aromatic rings. The number of methoxy groups -OCH3 is 1. The van der Waals surface area contributed by atoms with Crippen LogP contribution in [0.2, 0.25) is 0 Å². The SMILES string of the molecule is COc1ccc(NC(=O)c2cc(I)ccc2Br)c(C)c1. The number of anilines is 1. The molecular formula is C15H13BrINO2. The fourth-order valence-corrected chi connectivity index (χ4v) is 2.68. The van der Waals surface area contributed by atoms with Gasteiger partial charge in [0.2, 0.25) is 0 Å². The molecule has 0 unspecified atom stereocenters. The van der Waals surface area contributed by atoms with Gasteiger partial charge in [0.15, 0.2) is 0 Å². The lowest BCUT2D eigenvalue weighted by Gasteiger charge is -2.11. The molecule has 0 saturated heterocycles. The third-order valence-electron chi connectivity index (χ3n) is 2.85. The van der Waals surface area contributed by atoms with Crippen LogP contribution in [0.15, 0.2) is 40.9 Å². The molecule has 0 fully saturated rings. The molecule has 2 rings (SSSR count). The van der Waals surface area contributed by atoms with E-state index in [0.29, 0.717) is 5.56 Å². The number of carbonyl (C=O) groups excluding carboxylic acids is 1. The summed E-state index contributed by atoms with van der Waals surface area (Å²) >= 11 is 5.59. The highest BCUT2D eigenvalue weighted by Crippen LogP contribution is 2.24. The topological polar surface area (TPSA) is 38.3 Å². The minimum absolute atomic E-state index is 0.136. The monoisotopic (exact) mass is 445 g/mol. The van der Waals surface area contributed by atoms with Crippen molar-refractivity contribution < 1.29 is 9.53 Å². The molecule has 0 heterocycles. The molecule has 0 radical (unpaired) electrons. The molecule has 2 aromatic carbocycles. The standard InChI is InChI=1S/C15H13BrINO2/c1-9-7-11(20-2)4-6-14(9)18-15(19)12-8-10(17)3-5-13(12)16/h3-8H,1-2H3,(H,18,19). The summed E-state index contributed by atoms with van der Waals surface area (Å²) in [4.78, 5) is 12.3. The van der Waals surface area contributed by atoms with E-state index in [-0.39, 0.29) is 5.91 Å². The van der Waals surface area contributed by atoms with Gasteiger partial charge >= 0.3 is 0 Å². The average molecular weight is 446 g/mol. The van der Waals surface area contributed by atoms with Crippen molar-refractivity contribution in [2.45, 2.75) is 6.92 Å². The van der Waals surface area contributed by atoms with E-state index in [4.69, 9.17) is 4.74 Å². The summed E-state index contributed by atoms with van der Waals surface area (Å²) < 4.78 is 6.95. The van der Waals surface area contributed by atoms with Gasteiger partial charge in [-0.25, -0.2) is 0 Å². The zero-order valence-corrected chi connectivity index (χ0v) is 14.8. The largest absolute Gasteiger partial charge is 0.497 e. The molecule has 0 saturated carbocycles. The zero-order valence-electron chi connectivity index (χ0n) is 11.0. The molecule has 0 aliphatic rings. The van der Waals surface area contributed by atoms with E-state index in [1.807, 2.05) is 43.3 Å². The van der Waals surface area contributed by atoms with Gasteiger partial charge in [0, 0.05) is 13.7 Å². The Hall–Kier alpha value is -1.08. The predicted octanol–water partition coefficient (Wildman–Crippen LogP) is 4.62. The number of rotatable bonds is 3. The fourth-order valence-electron chi connectivity index (χ4n) is 1.76. The molecule has 0 aromatic heterocycles. The second kappa shape index (κ2) is 6.58. The summed E-state index contributed by atoms with van der Waals surface area (Å²) in [7, 11) is 1.62. The summed E-state index contributed by atoms with van der Waals surface area (Å²) in [6.45, 7) is 1.93. The van der Waals surface area contributed by atoms with E-state index < -0.39 is 0 Å². The molecule has 20 heavy (non-hydrogen) atoms. The maximum atomic E-state index is 12.3. The Labute approximate surface area is 140 Å². The zero-order chi connectivity index (χ0) is 14.7. The Morgan fingerprint density at radius 2 is 2.00 bits per heavy atom. The summed E-state index contributed by atoms with van der Waals surface area (Å²) in [6.07, 6.45) is 0. The Kier molecular flexibility index (Phi) is 5.04. The number of hydrogen-bond acceptors (Lipinski definition) is 2. The van der Waals surface area contributed by atoms with Crippen molar-refractivity contribution in [2.24, 2.45) is 0 Å².